The first-order valence-corrected chi connectivity index (χ1v) is 9.86. The van der Waals surface area contributed by atoms with Crippen LogP contribution in [0.4, 0.5) is 5.82 Å². The molecule has 2 aromatic rings. The predicted molar refractivity (Wildman–Crippen MR) is 101 cm³/mol. The van der Waals surface area contributed by atoms with Crippen LogP contribution in [0.1, 0.15) is 36.8 Å². The predicted octanol–water partition coefficient (Wildman–Crippen LogP) is 1.81. The van der Waals surface area contributed by atoms with E-state index >= 15 is 0 Å². The van der Waals surface area contributed by atoms with Gasteiger partial charge in [0.05, 0.1) is 12.2 Å². The summed E-state index contributed by atoms with van der Waals surface area (Å²) in [6.07, 6.45) is 0.786. The van der Waals surface area contributed by atoms with Crippen LogP contribution in [-0.4, -0.2) is 54.4 Å². The van der Waals surface area contributed by atoms with Crippen molar-refractivity contribution in [3.05, 3.63) is 22.9 Å². The molecule has 1 aliphatic rings. The van der Waals surface area contributed by atoms with E-state index in [1.54, 1.807) is 18.7 Å². The lowest BCUT2D eigenvalue weighted by Crippen LogP contribution is -2.35. The number of nitrogens with one attached hydrogen (secondary N) is 1. The van der Waals surface area contributed by atoms with Crippen molar-refractivity contribution in [2.45, 2.75) is 52.4 Å². The van der Waals surface area contributed by atoms with Crippen molar-refractivity contribution in [3.63, 3.8) is 0 Å². The van der Waals surface area contributed by atoms with Crippen molar-refractivity contribution in [2.75, 3.05) is 24.2 Å². The van der Waals surface area contributed by atoms with Gasteiger partial charge in [0.2, 0.25) is 5.91 Å². The highest BCUT2D eigenvalue weighted by molar-refractivity contribution is 7.99. The van der Waals surface area contributed by atoms with Crippen LogP contribution >= 0.6 is 11.8 Å². The molecule has 0 atom stereocenters. The quantitative estimate of drug-likeness (QED) is 0.608. The van der Waals surface area contributed by atoms with E-state index in [2.05, 4.69) is 37.0 Å². The molecule has 1 N–H and O–H groups in total. The Hall–Kier alpha value is -2.16. The topological polar surface area (TPSA) is 88.8 Å². The maximum Gasteiger partial charge on any atom is 0.219 e. The molecule has 3 heterocycles. The number of amides is 1. The van der Waals surface area contributed by atoms with Crippen molar-refractivity contribution in [1.82, 2.24) is 29.6 Å². The van der Waals surface area contributed by atoms with Crippen molar-refractivity contribution in [1.29, 1.82) is 0 Å². The number of anilines is 1. The third-order valence-corrected chi connectivity index (χ3v) is 5.43. The fraction of sp³-hybridized carbons (Fsp3) is 0.588. The number of aryl methyl sites for hydroxylation is 2. The van der Waals surface area contributed by atoms with Crippen LogP contribution in [-0.2, 0) is 24.3 Å². The molecule has 0 unspecified atom stereocenters. The molecular formula is C17H25N7OS. The molecule has 2 aromatic heterocycles. The molecule has 0 spiro atoms. The van der Waals surface area contributed by atoms with E-state index in [1.807, 2.05) is 18.7 Å². The second kappa shape index (κ2) is 8.03. The molecule has 1 aliphatic heterocycles. The molecule has 0 saturated carbocycles. The Kier molecular flexibility index (Phi) is 5.75. The summed E-state index contributed by atoms with van der Waals surface area (Å²) in [5, 5.41) is 12.7. The average molecular weight is 376 g/mol. The minimum absolute atomic E-state index is 0.0909. The van der Waals surface area contributed by atoms with Gasteiger partial charge in [-0.2, -0.15) is 0 Å². The molecular weight excluding hydrogens is 350 g/mol. The third-order valence-electron chi connectivity index (χ3n) is 4.47. The number of nitrogens with zero attached hydrogens (tertiary/aromatic N) is 6. The van der Waals surface area contributed by atoms with Crippen molar-refractivity contribution >= 4 is 23.5 Å². The summed E-state index contributed by atoms with van der Waals surface area (Å²) in [5.74, 6) is 3.52. The van der Waals surface area contributed by atoms with Gasteiger partial charge in [-0.3, -0.25) is 4.79 Å². The second-order valence-electron chi connectivity index (χ2n) is 6.28. The van der Waals surface area contributed by atoms with Gasteiger partial charge in [-0.1, -0.05) is 11.8 Å². The average Bonchev–Trinajstić information content (AvgIpc) is 2.97. The fourth-order valence-corrected chi connectivity index (χ4v) is 4.02. The molecule has 8 nitrogen and oxygen atoms in total. The number of aromatic nitrogens is 5. The van der Waals surface area contributed by atoms with Crippen molar-refractivity contribution < 1.29 is 4.79 Å². The third kappa shape index (κ3) is 3.98. The number of rotatable bonds is 6. The van der Waals surface area contributed by atoms with Crippen LogP contribution in [0.2, 0.25) is 0 Å². The Balaban J connectivity index is 1.63. The molecule has 1 amide bonds. The van der Waals surface area contributed by atoms with E-state index in [4.69, 9.17) is 0 Å². The summed E-state index contributed by atoms with van der Waals surface area (Å²) in [4.78, 5) is 22.6. The molecule has 0 radical (unpaired) electrons. The van der Waals surface area contributed by atoms with Gasteiger partial charge in [0.15, 0.2) is 5.16 Å². The first kappa shape index (κ1) is 18.6. The number of thioether (sulfide) groups is 1. The van der Waals surface area contributed by atoms with Crippen LogP contribution < -0.4 is 5.32 Å². The Morgan fingerprint density at radius 2 is 2.08 bits per heavy atom. The summed E-state index contributed by atoms with van der Waals surface area (Å²) in [6.45, 7) is 10.5. The number of carbonyl (C=O) groups excluding carboxylic acids is 1. The summed E-state index contributed by atoms with van der Waals surface area (Å²) >= 11 is 1.69. The van der Waals surface area contributed by atoms with E-state index < -0.39 is 0 Å². The molecule has 9 heteroatoms. The van der Waals surface area contributed by atoms with E-state index in [0.29, 0.717) is 6.54 Å². The normalized spacial score (nSPS) is 13.6. The molecule has 0 aliphatic carbocycles. The lowest BCUT2D eigenvalue weighted by molar-refractivity contribution is -0.129. The van der Waals surface area contributed by atoms with Crippen LogP contribution in [0.5, 0.6) is 0 Å². The van der Waals surface area contributed by atoms with Gasteiger partial charge in [0, 0.05) is 37.9 Å². The van der Waals surface area contributed by atoms with E-state index in [9.17, 15) is 4.79 Å². The maximum atomic E-state index is 11.6. The maximum absolute atomic E-state index is 11.6. The summed E-state index contributed by atoms with van der Waals surface area (Å²) in [6, 6.07) is 0. The summed E-state index contributed by atoms with van der Waals surface area (Å²) in [7, 11) is 0. The van der Waals surface area contributed by atoms with Crippen LogP contribution in [0.15, 0.2) is 5.16 Å². The summed E-state index contributed by atoms with van der Waals surface area (Å²) < 4.78 is 2.11. The van der Waals surface area contributed by atoms with Gasteiger partial charge < -0.3 is 14.8 Å². The van der Waals surface area contributed by atoms with Gasteiger partial charge in [-0.05, 0) is 27.2 Å². The van der Waals surface area contributed by atoms with Gasteiger partial charge in [-0.15, -0.1) is 10.2 Å². The zero-order chi connectivity index (χ0) is 18.7. The van der Waals surface area contributed by atoms with Gasteiger partial charge >= 0.3 is 0 Å². The lowest BCUT2D eigenvalue weighted by atomic mass is 10.1. The standard InChI is InChI=1S/C17H25N7OS/c1-5-24-12(3)21-22-17(24)26-9-7-18-16-14-6-8-23(13(4)25)10-15(14)19-11(2)20-16/h5-10H2,1-4H3,(H,18,19,20). The number of fused-ring (bicyclic) bond motifs is 1. The number of hydrogen-bond donors (Lipinski definition) is 1. The zero-order valence-corrected chi connectivity index (χ0v) is 16.6. The lowest BCUT2D eigenvalue weighted by Gasteiger charge is -2.28. The first-order valence-electron chi connectivity index (χ1n) is 8.88. The van der Waals surface area contributed by atoms with Gasteiger partial charge in [0.1, 0.15) is 17.5 Å². The molecule has 0 saturated heterocycles. The molecule has 0 fully saturated rings. The largest absolute Gasteiger partial charge is 0.369 e. The van der Waals surface area contributed by atoms with Gasteiger partial charge in [-0.25, -0.2) is 9.97 Å². The zero-order valence-electron chi connectivity index (χ0n) is 15.7. The van der Waals surface area contributed by atoms with Gasteiger partial charge in [0.25, 0.3) is 0 Å². The Bertz CT molecular complexity index is 805. The Morgan fingerprint density at radius 3 is 2.81 bits per heavy atom. The Morgan fingerprint density at radius 1 is 1.27 bits per heavy atom. The van der Waals surface area contributed by atoms with Crippen molar-refractivity contribution in [3.8, 4) is 0 Å². The highest BCUT2D eigenvalue weighted by atomic mass is 32.2. The molecule has 140 valence electrons. The smallest absolute Gasteiger partial charge is 0.219 e. The highest BCUT2D eigenvalue weighted by Gasteiger charge is 2.23. The monoisotopic (exact) mass is 375 g/mol. The van der Waals surface area contributed by atoms with E-state index in [1.165, 1.54) is 0 Å². The van der Waals surface area contributed by atoms with Crippen LogP contribution in [0.3, 0.4) is 0 Å². The minimum atomic E-state index is 0.0909. The molecule has 26 heavy (non-hydrogen) atoms. The van der Waals surface area contributed by atoms with Crippen molar-refractivity contribution in [2.24, 2.45) is 0 Å². The number of carbonyl (C=O) groups is 1. The summed E-state index contributed by atoms with van der Waals surface area (Å²) in [5.41, 5.74) is 2.08. The molecule has 3 rings (SSSR count). The SMILES string of the molecule is CCn1c(C)nnc1SCCNc1nc(C)nc2c1CCN(C(C)=O)C2. The van der Waals surface area contributed by atoms with E-state index in [-0.39, 0.29) is 5.91 Å². The Labute approximate surface area is 157 Å². The second-order valence-corrected chi connectivity index (χ2v) is 7.35. The van der Waals surface area contributed by atoms with E-state index in [0.717, 1.165) is 65.7 Å². The number of hydrogen-bond acceptors (Lipinski definition) is 7. The molecule has 0 aromatic carbocycles. The first-order chi connectivity index (χ1) is 12.5. The molecule has 0 bridgehead atoms. The van der Waals surface area contributed by atoms with Crippen LogP contribution in [0.25, 0.3) is 0 Å². The highest BCUT2D eigenvalue weighted by Crippen LogP contribution is 2.24. The van der Waals surface area contributed by atoms with Crippen LogP contribution in [0, 0.1) is 13.8 Å². The minimum Gasteiger partial charge on any atom is -0.369 e. The fourth-order valence-electron chi connectivity index (χ4n) is 3.11.